The second-order valence-corrected chi connectivity index (χ2v) is 8.65. The predicted octanol–water partition coefficient (Wildman–Crippen LogP) is 4.45. The van der Waals surface area contributed by atoms with Crippen LogP contribution in [0.2, 0.25) is 0 Å². The number of halogens is 2. The number of aromatic nitrogens is 2. The Balaban J connectivity index is 1.70. The summed E-state index contributed by atoms with van der Waals surface area (Å²) in [6.07, 6.45) is 0.202. The van der Waals surface area contributed by atoms with Crippen LogP contribution in [-0.2, 0) is 17.6 Å². The van der Waals surface area contributed by atoms with Gasteiger partial charge < -0.3 is 9.88 Å². The Morgan fingerprint density at radius 1 is 1.17 bits per heavy atom. The number of hydrogen-bond donors (Lipinski definition) is 1. The molecule has 1 atom stereocenters. The summed E-state index contributed by atoms with van der Waals surface area (Å²) in [5.74, 6) is 0.245. The minimum Gasteiger partial charge on any atom is -0.312 e. The van der Waals surface area contributed by atoms with E-state index in [4.69, 9.17) is 0 Å². The largest absolute Gasteiger partial charge is 0.312 e. The fraction of sp³-hybridized carbons (Fsp3) is 0.190. The number of benzene rings is 2. The molecular formula is C21H17BrFN3O2S. The second kappa shape index (κ2) is 8.12. The van der Waals surface area contributed by atoms with Gasteiger partial charge in [-0.1, -0.05) is 52.0 Å². The van der Waals surface area contributed by atoms with E-state index in [9.17, 15) is 14.0 Å². The summed E-state index contributed by atoms with van der Waals surface area (Å²) in [4.78, 5) is 29.5. The van der Waals surface area contributed by atoms with E-state index in [2.05, 4.69) is 26.2 Å². The number of anilines is 1. The number of nitrogens with one attached hydrogen (secondary N) is 1. The fourth-order valence-electron chi connectivity index (χ4n) is 3.37. The number of amides is 1. The molecule has 4 rings (SSSR count). The summed E-state index contributed by atoms with van der Waals surface area (Å²) in [7, 11) is 1.78. The molecule has 0 spiro atoms. The third kappa shape index (κ3) is 4.13. The van der Waals surface area contributed by atoms with Gasteiger partial charge in [-0.15, -0.1) is 0 Å². The molecule has 2 aromatic carbocycles. The van der Waals surface area contributed by atoms with Crippen molar-refractivity contribution in [3.05, 3.63) is 85.9 Å². The predicted molar refractivity (Wildman–Crippen MR) is 115 cm³/mol. The van der Waals surface area contributed by atoms with Gasteiger partial charge in [-0.3, -0.25) is 9.59 Å². The first-order valence-corrected chi connectivity index (χ1v) is 10.7. The first-order chi connectivity index (χ1) is 13.9. The topological polar surface area (TPSA) is 64.0 Å². The Morgan fingerprint density at radius 2 is 1.86 bits per heavy atom. The van der Waals surface area contributed by atoms with Gasteiger partial charge in [0.15, 0.2) is 5.16 Å². The zero-order valence-electron chi connectivity index (χ0n) is 15.5. The van der Waals surface area contributed by atoms with Crippen molar-refractivity contribution in [3.63, 3.8) is 0 Å². The number of nitrogens with zero attached hydrogens (tertiary/aromatic N) is 2. The lowest BCUT2D eigenvalue weighted by Gasteiger charge is -2.27. The maximum Gasteiger partial charge on any atom is 0.279 e. The van der Waals surface area contributed by atoms with Gasteiger partial charge in [0.25, 0.3) is 5.56 Å². The van der Waals surface area contributed by atoms with E-state index in [0.29, 0.717) is 22.3 Å². The van der Waals surface area contributed by atoms with Gasteiger partial charge in [0.1, 0.15) is 11.6 Å². The van der Waals surface area contributed by atoms with Crippen molar-refractivity contribution >= 4 is 39.4 Å². The number of rotatable bonds is 4. The van der Waals surface area contributed by atoms with Crippen LogP contribution in [0.25, 0.3) is 0 Å². The Labute approximate surface area is 179 Å². The molecule has 1 aromatic heterocycles. The Bertz CT molecular complexity index is 1130. The van der Waals surface area contributed by atoms with E-state index >= 15 is 0 Å². The second-order valence-electron chi connectivity index (χ2n) is 6.79. The van der Waals surface area contributed by atoms with E-state index in [1.807, 2.05) is 24.3 Å². The molecule has 29 heavy (non-hydrogen) atoms. The maximum atomic E-state index is 13.1. The van der Waals surface area contributed by atoms with E-state index in [-0.39, 0.29) is 29.6 Å². The molecule has 0 radical (unpaired) electrons. The Kier molecular flexibility index (Phi) is 5.56. The Hall–Kier alpha value is -2.45. The van der Waals surface area contributed by atoms with E-state index in [1.54, 1.807) is 23.7 Å². The summed E-state index contributed by atoms with van der Waals surface area (Å²) >= 11 is 4.77. The third-order valence-corrected chi connectivity index (χ3v) is 6.48. The lowest BCUT2D eigenvalue weighted by molar-refractivity contribution is -0.116. The van der Waals surface area contributed by atoms with Crippen LogP contribution >= 0.6 is 27.7 Å². The standard InChI is InChI=1S/C21H17BrFN3O2S/c1-26-19-18(16(10-17(27)24-19)13-4-6-14(22)7-5-13)20(28)25-21(26)29-11-12-2-8-15(23)9-3-12/h2-9,16H,10-11H2,1H3,(H,24,27). The third-order valence-electron chi connectivity index (χ3n) is 4.85. The van der Waals surface area contributed by atoms with Crippen molar-refractivity contribution in [3.8, 4) is 0 Å². The molecule has 3 aromatic rings. The van der Waals surface area contributed by atoms with Gasteiger partial charge in [-0.25, -0.2) is 4.39 Å². The number of hydrogen-bond acceptors (Lipinski definition) is 4. The lowest BCUT2D eigenvalue weighted by Crippen LogP contribution is -2.33. The molecule has 0 aliphatic carbocycles. The van der Waals surface area contributed by atoms with E-state index < -0.39 is 0 Å². The van der Waals surface area contributed by atoms with Crippen LogP contribution in [0, 0.1) is 5.82 Å². The zero-order chi connectivity index (χ0) is 20.5. The summed E-state index contributed by atoms with van der Waals surface area (Å²) in [6.45, 7) is 0. The molecule has 2 heterocycles. The quantitative estimate of drug-likeness (QED) is 0.449. The SMILES string of the molecule is Cn1c(SCc2ccc(F)cc2)nc(=O)c2c1NC(=O)CC2c1ccc(Br)cc1. The molecule has 0 saturated carbocycles. The molecule has 8 heteroatoms. The monoisotopic (exact) mass is 473 g/mol. The highest BCUT2D eigenvalue weighted by atomic mass is 79.9. The molecule has 0 fully saturated rings. The molecule has 1 aliphatic rings. The first-order valence-electron chi connectivity index (χ1n) is 8.96. The number of carbonyl (C=O) groups is 1. The number of thioether (sulfide) groups is 1. The number of fused-ring (bicyclic) bond motifs is 1. The van der Waals surface area contributed by atoms with Crippen LogP contribution in [0.15, 0.2) is 63.0 Å². The van der Waals surface area contributed by atoms with Crippen LogP contribution in [-0.4, -0.2) is 15.5 Å². The summed E-state index contributed by atoms with van der Waals surface area (Å²) in [5, 5.41) is 3.33. The highest BCUT2D eigenvalue weighted by Crippen LogP contribution is 2.36. The minimum absolute atomic E-state index is 0.138. The highest BCUT2D eigenvalue weighted by Gasteiger charge is 2.32. The normalized spacial score (nSPS) is 15.7. The molecule has 1 N–H and O–H groups in total. The molecule has 1 amide bonds. The van der Waals surface area contributed by atoms with E-state index in [1.165, 1.54) is 23.9 Å². The molecule has 1 unspecified atom stereocenters. The fourth-order valence-corrected chi connectivity index (χ4v) is 4.56. The van der Waals surface area contributed by atoms with Crippen molar-refractivity contribution in [2.24, 2.45) is 7.05 Å². The van der Waals surface area contributed by atoms with Gasteiger partial charge in [0, 0.05) is 29.6 Å². The molecular weight excluding hydrogens is 457 g/mol. The minimum atomic E-state index is -0.340. The average molecular weight is 474 g/mol. The zero-order valence-corrected chi connectivity index (χ0v) is 17.9. The summed E-state index contributed by atoms with van der Waals surface area (Å²) < 4.78 is 15.8. The van der Waals surface area contributed by atoms with Crippen LogP contribution in [0.3, 0.4) is 0 Å². The smallest absolute Gasteiger partial charge is 0.279 e. The lowest BCUT2D eigenvalue weighted by atomic mass is 9.87. The van der Waals surface area contributed by atoms with E-state index in [0.717, 1.165) is 15.6 Å². The van der Waals surface area contributed by atoms with Gasteiger partial charge in [-0.2, -0.15) is 4.98 Å². The summed E-state index contributed by atoms with van der Waals surface area (Å²) in [5.41, 5.74) is 1.98. The van der Waals surface area contributed by atoms with Gasteiger partial charge in [0.2, 0.25) is 5.91 Å². The van der Waals surface area contributed by atoms with Gasteiger partial charge in [-0.05, 0) is 35.4 Å². The number of carbonyl (C=O) groups excluding carboxylic acids is 1. The van der Waals surface area contributed by atoms with Crippen molar-refractivity contribution in [1.29, 1.82) is 0 Å². The molecule has 0 bridgehead atoms. The van der Waals surface area contributed by atoms with Crippen LogP contribution in [0.4, 0.5) is 10.2 Å². The molecule has 5 nitrogen and oxygen atoms in total. The van der Waals surface area contributed by atoms with Gasteiger partial charge in [0.05, 0.1) is 5.56 Å². The molecule has 0 saturated heterocycles. The Morgan fingerprint density at radius 3 is 2.55 bits per heavy atom. The van der Waals surface area contributed by atoms with Crippen LogP contribution in [0.1, 0.15) is 29.0 Å². The summed E-state index contributed by atoms with van der Waals surface area (Å²) in [6, 6.07) is 13.8. The average Bonchev–Trinajstić information content (AvgIpc) is 2.70. The maximum absolute atomic E-state index is 13.1. The van der Waals surface area contributed by atoms with Crippen molar-refractivity contribution in [2.45, 2.75) is 23.2 Å². The first kappa shape index (κ1) is 19.8. The van der Waals surface area contributed by atoms with Gasteiger partial charge >= 0.3 is 0 Å². The van der Waals surface area contributed by atoms with Crippen molar-refractivity contribution in [1.82, 2.24) is 9.55 Å². The van der Waals surface area contributed by atoms with Crippen LogP contribution < -0.4 is 10.9 Å². The molecule has 148 valence electrons. The molecule has 1 aliphatic heterocycles. The van der Waals surface area contributed by atoms with Crippen molar-refractivity contribution < 1.29 is 9.18 Å². The van der Waals surface area contributed by atoms with Crippen molar-refractivity contribution in [2.75, 3.05) is 5.32 Å². The van der Waals surface area contributed by atoms with Crippen LogP contribution in [0.5, 0.6) is 0 Å². The highest BCUT2D eigenvalue weighted by molar-refractivity contribution is 9.10.